The van der Waals surface area contributed by atoms with Gasteiger partial charge in [-0.15, -0.1) is 0 Å². The highest BCUT2D eigenvalue weighted by atomic mass is 16.2. The van der Waals surface area contributed by atoms with Crippen molar-refractivity contribution in [3.8, 4) is 0 Å². The van der Waals surface area contributed by atoms with Gasteiger partial charge < -0.3 is 16.4 Å². The van der Waals surface area contributed by atoms with Gasteiger partial charge in [0, 0.05) is 19.3 Å². The Labute approximate surface area is 86.9 Å². The van der Waals surface area contributed by atoms with Crippen LogP contribution < -0.4 is 16.4 Å². The van der Waals surface area contributed by atoms with Crippen LogP contribution in [-0.4, -0.2) is 29.9 Å². The zero-order valence-electron chi connectivity index (χ0n) is 8.06. The summed E-state index contributed by atoms with van der Waals surface area (Å²) < 4.78 is 0. The number of aromatic nitrogens is 1. The van der Waals surface area contributed by atoms with Crippen LogP contribution in [0.15, 0.2) is 24.4 Å². The van der Waals surface area contributed by atoms with Crippen LogP contribution in [0, 0.1) is 0 Å². The monoisotopic (exact) mass is 208 g/mol. The third-order valence-electron chi connectivity index (χ3n) is 1.54. The molecule has 6 nitrogen and oxygen atoms in total. The lowest BCUT2D eigenvalue weighted by Crippen LogP contribution is -2.38. The van der Waals surface area contributed by atoms with Crippen LogP contribution in [0.5, 0.6) is 0 Å². The molecular weight excluding hydrogens is 196 g/mol. The van der Waals surface area contributed by atoms with Crippen molar-refractivity contribution in [2.75, 3.05) is 18.4 Å². The molecule has 0 radical (unpaired) electrons. The van der Waals surface area contributed by atoms with Crippen molar-refractivity contribution in [2.45, 2.75) is 0 Å². The van der Waals surface area contributed by atoms with E-state index in [0.717, 1.165) is 0 Å². The molecule has 0 atom stereocenters. The van der Waals surface area contributed by atoms with Crippen molar-refractivity contribution in [3.05, 3.63) is 24.4 Å². The van der Waals surface area contributed by atoms with E-state index in [1.165, 1.54) is 6.20 Å². The first-order chi connectivity index (χ1) is 7.24. The molecule has 2 amide bonds. The Hall–Kier alpha value is -1.95. The second-order valence-corrected chi connectivity index (χ2v) is 2.71. The zero-order valence-corrected chi connectivity index (χ0v) is 8.06. The molecule has 0 aliphatic heterocycles. The van der Waals surface area contributed by atoms with Gasteiger partial charge >= 0.3 is 11.8 Å². The molecule has 0 saturated carbocycles. The standard InChI is InChI=1S/C9H12N4O2/c10-4-6-12-8(14)9(15)13-7-3-1-2-5-11-7/h1-3,5H,4,6,10H2,(H,12,14)(H,11,13,15). The Kier molecular flexibility index (Phi) is 4.24. The number of nitrogens with zero attached hydrogens (tertiary/aromatic N) is 1. The van der Waals surface area contributed by atoms with E-state index in [-0.39, 0.29) is 6.54 Å². The van der Waals surface area contributed by atoms with E-state index >= 15 is 0 Å². The number of nitrogens with one attached hydrogen (secondary N) is 2. The minimum Gasteiger partial charge on any atom is -0.347 e. The van der Waals surface area contributed by atoms with E-state index in [2.05, 4.69) is 15.6 Å². The van der Waals surface area contributed by atoms with Crippen molar-refractivity contribution in [3.63, 3.8) is 0 Å². The number of nitrogens with two attached hydrogens (primary N) is 1. The molecule has 0 unspecified atom stereocenters. The lowest BCUT2D eigenvalue weighted by Gasteiger charge is -2.03. The number of pyridine rings is 1. The van der Waals surface area contributed by atoms with Gasteiger partial charge in [-0.05, 0) is 12.1 Å². The van der Waals surface area contributed by atoms with E-state index in [9.17, 15) is 9.59 Å². The Morgan fingerprint density at radius 3 is 2.73 bits per heavy atom. The number of carbonyl (C=O) groups excluding carboxylic acids is 2. The summed E-state index contributed by atoms with van der Waals surface area (Å²) in [4.78, 5) is 26.2. The summed E-state index contributed by atoms with van der Waals surface area (Å²) in [5, 5.41) is 4.70. The molecule has 0 spiro atoms. The highest BCUT2D eigenvalue weighted by Crippen LogP contribution is 1.98. The van der Waals surface area contributed by atoms with Crippen LogP contribution >= 0.6 is 0 Å². The van der Waals surface area contributed by atoms with Crippen LogP contribution in [0.25, 0.3) is 0 Å². The number of carbonyl (C=O) groups is 2. The summed E-state index contributed by atoms with van der Waals surface area (Å²) in [6.07, 6.45) is 1.52. The second-order valence-electron chi connectivity index (χ2n) is 2.71. The normalized spacial score (nSPS) is 9.40. The molecule has 1 aromatic heterocycles. The van der Waals surface area contributed by atoms with Crippen LogP contribution in [0.1, 0.15) is 0 Å². The molecule has 0 bridgehead atoms. The fourth-order valence-corrected chi connectivity index (χ4v) is 0.876. The maximum atomic E-state index is 11.2. The topological polar surface area (TPSA) is 97.1 Å². The molecule has 6 heteroatoms. The van der Waals surface area contributed by atoms with Crippen molar-refractivity contribution in [1.29, 1.82) is 0 Å². The Bertz CT molecular complexity index is 339. The third kappa shape index (κ3) is 3.74. The third-order valence-corrected chi connectivity index (χ3v) is 1.54. The van der Waals surface area contributed by atoms with Crippen molar-refractivity contribution in [1.82, 2.24) is 10.3 Å². The molecule has 0 aliphatic rings. The van der Waals surface area contributed by atoms with E-state index in [0.29, 0.717) is 12.4 Å². The highest BCUT2D eigenvalue weighted by molar-refractivity contribution is 6.39. The molecule has 15 heavy (non-hydrogen) atoms. The van der Waals surface area contributed by atoms with Crippen LogP contribution in [-0.2, 0) is 9.59 Å². The largest absolute Gasteiger partial charge is 0.347 e. The molecule has 0 saturated heterocycles. The summed E-state index contributed by atoms with van der Waals surface area (Å²) in [7, 11) is 0. The Morgan fingerprint density at radius 1 is 1.33 bits per heavy atom. The summed E-state index contributed by atoms with van der Waals surface area (Å²) in [5.41, 5.74) is 5.17. The van der Waals surface area contributed by atoms with Crippen LogP contribution in [0.3, 0.4) is 0 Å². The van der Waals surface area contributed by atoms with E-state index in [4.69, 9.17) is 5.73 Å². The minimum absolute atomic E-state index is 0.272. The van der Waals surface area contributed by atoms with Gasteiger partial charge in [-0.25, -0.2) is 4.98 Å². The molecule has 80 valence electrons. The lowest BCUT2D eigenvalue weighted by atomic mass is 10.4. The van der Waals surface area contributed by atoms with Crippen molar-refractivity contribution >= 4 is 17.6 Å². The van der Waals surface area contributed by atoms with Crippen molar-refractivity contribution in [2.24, 2.45) is 5.73 Å². The second kappa shape index (κ2) is 5.71. The molecule has 1 heterocycles. The highest BCUT2D eigenvalue weighted by Gasteiger charge is 2.12. The van der Waals surface area contributed by atoms with Crippen LogP contribution in [0.2, 0.25) is 0 Å². The fraction of sp³-hybridized carbons (Fsp3) is 0.222. The van der Waals surface area contributed by atoms with Gasteiger partial charge in [0.15, 0.2) is 0 Å². The predicted octanol–water partition coefficient (Wildman–Crippen LogP) is -0.905. The minimum atomic E-state index is -0.748. The fourth-order valence-electron chi connectivity index (χ4n) is 0.876. The summed E-state index contributed by atoms with van der Waals surface area (Å²) in [5.74, 6) is -1.13. The molecule has 0 aliphatic carbocycles. The molecule has 0 fully saturated rings. The summed E-state index contributed by atoms with van der Waals surface area (Å²) >= 11 is 0. The Balaban J connectivity index is 2.45. The molecule has 4 N–H and O–H groups in total. The summed E-state index contributed by atoms with van der Waals surface area (Å²) in [6.45, 7) is 0.567. The SMILES string of the molecule is NCCNC(=O)C(=O)Nc1ccccn1. The first-order valence-electron chi connectivity index (χ1n) is 4.44. The van der Waals surface area contributed by atoms with Gasteiger partial charge in [-0.1, -0.05) is 6.07 Å². The maximum absolute atomic E-state index is 11.2. The van der Waals surface area contributed by atoms with Gasteiger partial charge in [0.2, 0.25) is 0 Å². The van der Waals surface area contributed by atoms with Gasteiger partial charge in [-0.2, -0.15) is 0 Å². The smallest absolute Gasteiger partial charge is 0.314 e. The maximum Gasteiger partial charge on any atom is 0.314 e. The van der Waals surface area contributed by atoms with Gasteiger partial charge in [0.05, 0.1) is 0 Å². The quantitative estimate of drug-likeness (QED) is 0.560. The number of anilines is 1. The van der Waals surface area contributed by atoms with E-state index in [1.807, 2.05) is 0 Å². The average Bonchev–Trinajstić information content (AvgIpc) is 2.27. The average molecular weight is 208 g/mol. The first kappa shape index (κ1) is 11.1. The zero-order chi connectivity index (χ0) is 11.1. The Morgan fingerprint density at radius 2 is 2.13 bits per heavy atom. The summed E-state index contributed by atoms with van der Waals surface area (Å²) in [6, 6.07) is 5.01. The number of hydrogen-bond acceptors (Lipinski definition) is 4. The van der Waals surface area contributed by atoms with Gasteiger partial charge in [-0.3, -0.25) is 9.59 Å². The van der Waals surface area contributed by atoms with Gasteiger partial charge in [0.25, 0.3) is 0 Å². The number of amides is 2. The van der Waals surface area contributed by atoms with E-state index in [1.54, 1.807) is 18.2 Å². The number of hydrogen-bond donors (Lipinski definition) is 3. The van der Waals surface area contributed by atoms with E-state index < -0.39 is 11.8 Å². The first-order valence-corrected chi connectivity index (χ1v) is 4.44. The predicted molar refractivity (Wildman–Crippen MR) is 54.9 cm³/mol. The molecular formula is C9H12N4O2. The molecule has 1 rings (SSSR count). The number of rotatable bonds is 3. The molecule has 1 aromatic rings. The lowest BCUT2D eigenvalue weighted by molar-refractivity contribution is -0.136. The van der Waals surface area contributed by atoms with Crippen LogP contribution in [0.4, 0.5) is 5.82 Å². The van der Waals surface area contributed by atoms with Crippen molar-refractivity contribution < 1.29 is 9.59 Å². The van der Waals surface area contributed by atoms with Gasteiger partial charge in [0.1, 0.15) is 5.82 Å². The molecule has 0 aromatic carbocycles.